The van der Waals surface area contributed by atoms with Gasteiger partial charge in [-0.25, -0.2) is 0 Å². The van der Waals surface area contributed by atoms with Gasteiger partial charge in [0.25, 0.3) is 5.91 Å². The van der Waals surface area contributed by atoms with Crippen LogP contribution in [-0.4, -0.2) is 28.4 Å². The number of nitrogens with zero attached hydrogens (tertiary/aromatic N) is 1. The maximum atomic E-state index is 12.5. The summed E-state index contributed by atoms with van der Waals surface area (Å²) in [4.78, 5) is 15.2. The first-order valence-electron chi connectivity index (χ1n) is 5.86. The van der Waals surface area contributed by atoms with Crippen molar-refractivity contribution < 1.29 is 4.79 Å². The number of carbonyl (C=O) groups is 1. The fourth-order valence-electron chi connectivity index (χ4n) is 2.18. The molecule has 0 aliphatic carbocycles. The predicted octanol–water partition coefficient (Wildman–Crippen LogP) is 2.99. The molecular weight excluding hydrogens is 288 g/mol. The van der Waals surface area contributed by atoms with Crippen LogP contribution in [0.15, 0.2) is 5.38 Å². The van der Waals surface area contributed by atoms with Gasteiger partial charge >= 0.3 is 0 Å². The Kier molecular flexibility index (Phi) is 4.25. The van der Waals surface area contributed by atoms with E-state index >= 15 is 0 Å². The van der Waals surface area contributed by atoms with Crippen molar-refractivity contribution >= 4 is 46.1 Å². The molecule has 0 saturated carbocycles. The third-order valence-corrected chi connectivity index (χ3v) is 5.14. The number of thiophene rings is 1. The van der Waals surface area contributed by atoms with Crippen molar-refractivity contribution in [3.05, 3.63) is 20.8 Å². The van der Waals surface area contributed by atoms with Crippen LogP contribution in [0.2, 0.25) is 5.02 Å². The third-order valence-electron chi connectivity index (χ3n) is 3.19. The van der Waals surface area contributed by atoms with E-state index in [9.17, 15) is 4.79 Å². The largest absolute Gasteiger partial charge is 0.392 e. The van der Waals surface area contributed by atoms with Gasteiger partial charge in [0.2, 0.25) is 0 Å². The van der Waals surface area contributed by atoms with E-state index < -0.39 is 0 Å². The number of likely N-dealkylation sites (tertiary alicyclic amines) is 1. The van der Waals surface area contributed by atoms with Crippen molar-refractivity contribution in [2.75, 3.05) is 6.54 Å². The zero-order valence-corrected chi connectivity index (χ0v) is 12.5. The molecule has 0 bridgehead atoms. The van der Waals surface area contributed by atoms with Gasteiger partial charge < -0.3 is 10.6 Å². The molecule has 2 N–H and O–H groups in total. The van der Waals surface area contributed by atoms with Crippen LogP contribution in [0.5, 0.6) is 0 Å². The van der Waals surface area contributed by atoms with Crippen LogP contribution >= 0.6 is 35.2 Å². The molecule has 1 saturated heterocycles. The lowest BCUT2D eigenvalue weighted by atomic mass is 10.0. The van der Waals surface area contributed by atoms with Gasteiger partial charge in [-0.05, 0) is 37.1 Å². The number of nitrogens with two attached hydrogens (primary N) is 1. The third kappa shape index (κ3) is 2.53. The Bertz CT molecular complexity index is 486. The minimum Gasteiger partial charge on any atom is -0.392 e. The second kappa shape index (κ2) is 5.55. The van der Waals surface area contributed by atoms with Gasteiger partial charge in [-0.1, -0.05) is 23.8 Å². The number of rotatable bonds is 2. The number of aryl methyl sites for hydroxylation is 1. The van der Waals surface area contributed by atoms with Gasteiger partial charge in [0.15, 0.2) is 0 Å². The van der Waals surface area contributed by atoms with Gasteiger partial charge in [0, 0.05) is 6.54 Å². The van der Waals surface area contributed by atoms with Crippen molar-refractivity contribution in [1.82, 2.24) is 4.90 Å². The standard InChI is InChI=1S/C12H15ClN2OS2/c1-7-6-18-10(9(7)13)12(16)15-5-3-2-4-8(15)11(14)17/h6,8H,2-5H2,1H3,(H2,14,17). The van der Waals surface area contributed by atoms with Crippen molar-refractivity contribution in [3.8, 4) is 0 Å². The molecule has 1 aromatic rings. The van der Waals surface area contributed by atoms with E-state index in [1.54, 1.807) is 4.90 Å². The number of halogens is 1. The van der Waals surface area contributed by atoms with E-state index in [-0.39, 0.29) is 11.9 Å². The minimum atomic E-state index is -0.125. The molecule has 1 aliphatic heterocycles. The monoisotopic (exact) mass is 302 g/mol. The molecule has 1 atom stereocenters. The molecule has 0 radical (unpaired) electrons. The van der Waals surface area contributed by atoms with Crippen LogP contribution in [0.3, 0.4) is 0 Å². The van der Waals surface area contributed by atoms with Gasteiger partial charge in [-0.3, -0.25) is 4.79 Å². The molecule has 3 nitrogen and oxygen atoms in total. The molecule has 2 heterocycles. The molecule has 1 aromatic heterocycles. The van der Waals surface area contributed by atoms with Crippen LogP contribution < -0.4 is 5.73 Å². The van der Waals surface area contributed by atoms with Crippen LogP contribution in [0, 0.1) is 6.92 Å². The summed E-state index contributed by atoms with van der Waals surface area (Å²) in [5.74, 6) is -0.0457. The van der Waals surface area contributed by atoms with E-state index in [4.69, 9.17) is 29.6 Å². The minimum absolute atomic E-state index is 0.0457. The SMILES string of the molecule is Cc1csc(C(=O)N2CCCCC2C(N)=S)c1Cl. The zero-order chi connectivity index (χ0) is 13.3. The highest BCUT2D eigenvalue weighted by atomic mass is 35.5. The van der Waals surface area contributed by atoms with E-state index in [1.165, 1.54) is 11.3 Å². The van der Waals surface area contributed by atoms with E-state index in [0.29, 0.717) is 21.4 Å². The molecule has 18 heavy (non-hydrogen) atoms. The van der Waals surface area contributed by atoms with Crippen LogP contribution in [0.25, 0.3) is 0 Å². The summed E-state index contributed by atoms with van der Waals surface area (Å²) in [6.45, 7) is 2.60. The maximum Gasteiger partial charge on any atom is 0.266 e. The molecule has 1 amide bonds. The van der Waals surface area contributed by atoms with Gasteiger partial charge in [0.1, 0.15) is 4.88 Å². The number of amides is 1. The quantitative estimate of drug-likeness (QED) is 0.854. The molecule has 0 aromatic carbocycles. The Morgan fingerprint density at radius 1 is 1.61 bits per heavy atom. The lowest BCUT2D eigenvalue weighted by molar-refractivity contribution is 0.0686. The lowest BCUT2D eigenvalue weighted by Crippen LogP contribution is -2.49. The smallest absolute Gasteiger partial charge is 0.266 e. The fourth-order valence-corrected chi connectivity index (χ4v) is 3.65. The average Bonchev–Trinajstić information content (AvgIpc) is 2.69. The Labute approximate surface area is 121 Å². The molecule has 0 spiro atoms. The van der Waals surface area contributed by atoms with E-state index in [0.717, 1.165) is 24.8 Å². The van der Waals surface area contributed by atoms with Crippen molar-refractivity contribution in [1.29, 1.82) is 0 Å². The normalized spacial score (nSPS) is 19.9. The molecule has 98 valence electrons. The number of thiocarbonyl (C=S) groups is 1. The predicted molar refractivity (Wildman–Crippen MR) is 79.5 cm³/mol. The topological polar surface area (TPSA) is 46.3 Å². The molecular formula is C12H15ClN2OS2. The summed E-state index contributed by atoms with van der Waals surface area (Å²) in [7, 11) is 0. The molecule has 1 fully saturated rings. The van der Waals surface area contributed by atoms with Gasteiger partial charge in [-0.15, -0.1) is 11.3 Å². The summed E-state index contributed by atoms with van der Waals surface area (Å²) < 4.78 is 0. The Morgan fingerprint density at radius 3 is 2.89 bits per heavy atom. The Balaban J connectivity index is 2.26. The van der Waals surface area contributed by atoms with Crippen molar-refractivity contribution in [2.45, 2.75) is 32.2 Å². The summed E-state index contributed by atoms with van der Waals surface area (Å²) in [6.07, 6.45) is 2.90. The first-order valence-corrected chi connectivity index (χ1v) is 7.53. The van der Waals surface area contributed by atoms with Crippen LogP contribution in [0.4, 0.5) is 0 Å². The zero-order valence-electron chi connectivity index (χ0n) is 10.1. The average molecular weight is 303 g/mol. The first kappa shape index (κ1) is 13.8. The Morgan fingerprint density at radius 2 is 2.33 bits per heavy atom. The summed E-state index contributed by atoms with van der Waals surface area (Å²) in [6, 6.07) is -0.125. The van der Waals surface area contributed by atoms with E-state index in [1.807, 2.05) is 12.3 Å². The summed E-state index contributed by atoms with van der Waals surface area (Å²) in [5.41, 5.74) is 6.66. The van der Waals surface area contributed by atoms with Crippen molar-refractivity contribution in [2.24, 2.45) is 5.73 Å². The van der Waals surface area contributed by atoms with Crippen LogP contribution in [-0.2, 0) is 0 Å². The summed E-state index contributed by atoms with van der Waals surface area (Å²) >= 11 is 12.6. The summed E-state index contributed by atoms with van der Waals surface area (Å²) in [5, 5.41) is 2.45. The molecule has 1 unspecified atom stereocenters. The van der Waals surface area contributed by atoms with Gasteiger partial charge in [0.05, 0.1) is 16.1 Å². The highest BCUT2D eigenvalue weighted by Crippen LogP contribution is 2.30. The molecule has 6 heteroatoms. The number of carbonyl (C=O) groups excluding carboxylic acids is 1. The fraction of sp³-hybridized carbons (Fsp3) is 0.500. The highest BCUT2D eigenvalue weighted by Gasteiger charge is 2.31. The maximum absolute atomic E-state index is 12.5. The van der Waals surface area contributed by atoms with E-state index in [2.05, 4.69) is 0 Å². The number of hydrogen-bond acceptors (Lipinski definition) is 3. The highest BCUT2D eigenvalue weighted by molar-refractivity contribution is 7.80. The van der Waals surface area contributed by atoms with Crippen molar-refractivity contribution in [3.63, 3.8) is 0 Å². The second-order valence-corrected chi connectivity index (χ2v) is 6.20. The number of hydrogen-bond donors (Lipinski definition) is 1. The molecule has 1 aliphatic rings. The van der Waals surface area contributed by atoms with Crippen LogP contribution in [0.1, 0.15) is 34.5 Å². The van der Waals surface area contributed by atoms with Gasteiger partial charge in [-0.2, -0.15) is 0 Å². The Hall–Kier alpha value is -0.650. The second-order valence-electron chi connectivity index (χ2n) is 4.47. The first-order chi connectivity index (χ1) is 8.52. The number of piperidine rings is 1. The lowest BCUT2D eigenvalue weighted by Gasteiger charge is -2.34. The molecule has 2 rings (SSSR count).